The van der Waals surface area contributed by atoms with Crippen LogP contribution in [0.4, 0.5) is 0 Å². The van der Waals surface area contributed by atoms with Gasteiger partial charge in [-0.2, -0.15) is 11.8 Å². The molecule has 0 spiro atoms. The fourth-order valence-corrected chi connectivity index (χ4v) is 3.08. The number of rotatable bonds is 8. The van der Waals surface area contributed by atoms with E-state index in [9.17, 15) is 0 Å². The lowest BCUT2D eigenvalue weighted by Gasteiger charge is -2.09. The Balaban J connectivity index is 1.51. The average Bonchev–Trinajstić information content (AvgIpc) is 2.96. The Morgan fingerprint density at radius 1 is 1.32 bits per heavy atom. The lowest BCUT2D eigenvalue weighted by Crippen LogP contribution is -2.09. The molecule has 1 aromatic carbocycles. The summed E-state index contributed by atoms with van der Waals surface area (Å²) in [6.07, 6.45) is 4.04. The van der Waals surface area contributed by atoms with Crippen molar-refractivity contribution < 1.29 is 9.47 Å². The van der Waals surface area contributed by atoms with E-state index in [4.69, 9.17) is 15.2 Å². The predicted molar refractivity (Wildman–Crippen MR) is 80.7 cm³/mol. The molecule has 1 aromatic rings. The molecular formula is C15H23NO2S. The van der Waals surface area contributed by atoms with Gasteiger partial charge in [0.2, 0.25) is 0 Å². The molecule has 1 aliphatic rings. The second kappa shape index (κ2) is 8.46. The highest BCUT2D eigenvalue weighted by atomic mass is 32.2. The summed E-state index contributed by atoms with van der Waals surface area (Å²) in [5.74, 6) is 3.20. The third kappa shape index (κ3) is 5.43. The van der Waals surface area contributed by atoms with Gasteiger partial charge in [-0.3, -0.25) is 0 Å². The van der Waals surface area contributed by atoms with Gasteiger partial charge in [-0.05, 0) is 42.7 Å². The van der Waals surface area contributed by atoms with Crippen LogP contribution in [-0.4, -0.2) is 30.8 Å². The zero-order chi connectivity index (χ0) is 13.3. The highest BCUT2D eigenvalue weighted by molar-refractivity contribution is 7.99. The van der Waals surface area contributed by atoms with Crippen molar-refractivity contribution in [2.45, 2.75) is 31.9 Å². The smallest absolute Gasteiger partial charge is 0.119 e. The first kappa shape index (κ1) is 14.7. The number of ether oxygens (including phenoxy) is 2. The number of nitrogens with two attached hydrogens (primary N) is 1. The first-order valence-electron chi connectivity index (χ1n) is 6.99. The van der Waals surface area contributed by atoms with Gasteiger partial charge in [0.05, 0.1) is 12.7 Å². The summed E-state index contributed by atoms with van der Waals surface area (Å²) in [4.78, 5) is 0. The SMILES string of the molecule is NCc1ccc(OCCCSCC2CCCO2)cc1. The summed E-state index contributed by atoms with van der Waals surface area (Å²) in [6, 6.07) is 8.01. The van der Waals surface area contributed by atoms with E-state index in [2.05, 4.69) is 0 Å². The van der Waals surface area contributed by atoms with E-state index < -0.39 is 0 Å². The van der Waals surface area contributed by atoms with Gasteiger partial charge in [0.15, 0.2) is 0 Å². The standard InChI is InChI=1S/C15H23NO2S/c16-11-13-4-6-14(7-5-13)17-9-2-10-19-12-15-3-1-8-18-15/h4-7,15H,1-3,8-12,16H2. The van der Waals surface area contributed by atoms with Crippen LogP contribution in [0.2, 0.25) is 0 Å². The van der Waals surface area contributed by atoms with E-state index in [1.54, 1.807) is 0 Å². The molecule has 4 heteroatoms. The van der Waals surface area contributed by atoms with Gasteiger partial charge >= 0.3 is 0 Å². The number of hydrogen-bond acceptors (Lipinski definition) is 4. The maximum Gasteiger partial charge on any atom is 0.119 e. The minimum absolute atomic E-state index is 0.495. The topological polar surface area (TPSA) is 44.5 Å². The van der Waals surface area contributed by atoms with Crippen molar-refractivity contribution in [2.75, 3.05) is 24.7 Å². The van der Waals surface area contributed by atoms with Crippen LogP contribution >= 0.6 is 11.8 Å². The normalized spacial score (nSPS) is 18.7. The molecule has 1 fully saturated rings. The van der Waals surface area contributed by atoms with Crippen LogP contribution in [0, 0.1) is 0 Å². The van der Waals surface area contributed by atoms with Crippen molar-refractivity contribution in [3.05, 3.63) is 29.8 Å². The third-order valence-electron chi connectivity index (χ3n) is 3.19. The predicted octanol–water partition coefficient (Wildman–Crippen LogP) is 2.83. The molecule has 2 N–H and O–H groups in total. The Hall–Kier alpha value is -0.710. The molecule has 1 unspecified atom stereocenters. The maximum atomic E-state index is 5.69. The molecule has 1 atom stereocenters. The summed E-state index contributed by atoms with van der Waals surface area (Å²) < 4.78 is 11.3. The molecule has 0 radical (unpaired) electrons. The van der Waals surface area contributed by atoms with E-state index in [1.807, 2.05) is 36.0 Å². The van der Waals surface area contributed by atoms with Crippen LogP contribution in [-0.2, 0) is 11.3 Å². The fourth-order valence-electron chi connectivity index (χ4n) is 2.06. The maximum absolute atomic E-state index is 5.69. The molecular weight excluding hydrogens is 258 g/mol. The third-order valence-corrected chi connectivity index (χ3v) is 4.37. The minimum atomic E-state index is 0.495. The quantitative estimate of drug-likeness (QED) is 0.744. The first-order chi connectivity index (χ1) is 9.38. The fraction of sp³-hybridized carbons (Fsp3) is 0.600. The molecule has 0 bridgehead atoms. The second-order valence-corrected chi connectivity index (χ2v) is 5.91. The van der Waals surface area contributed by atoms with Crippen molar-refractivity contribution in [1.29, 1.82) is 0 Å². The lowest BCUT2D eigenvalue weighted by atomic mass is 10.2. The van der Waals surface area contributed by atoms with Gasteiger partial charge in [-0.25, -0.2) is 0 Å². The minimum Gasteiger partial charge on any atom is -0.494 e. The molecule has 1 heterocycles. The van der Waals surface area contributed by atoms with E-state index in [0.29, 0.717) is 12.6 Å². The molecule has 19 heavy (non-hydrogen) atoms. The summed E-state index contributed by atoms with van der Waals surface area (Å²) in [6.45, 7) is 2.31. The molecule has 2 rings (SSSR count). The van der Waals surface area contributed by atoms with Gasteiger partial charge < -0.3 is 15.2 Å². The molecule has 0 aromatic heterocycles. The van der Waals surface area contributed by atoms with Crippen LogP contribution in [0.25, 0.3) is 0 Å². The second-order valence-electron chi connectivity index (χ2n) is 4.76. The summed E-state index contributed by atoms with van der Waals surface area (Å²) in [5, 5.41) is 0. The van der Waals surface area contributed by atoms with E-state index in [1.165, 1.54) is 12.8 Å². The summed E-state index contributed by atoms with van der Waals surface area (Å²) in [5.41, 5.74) is 6.69. The highest BCUT2D eigenvalue weighted by Crippen LogP contribution is 2.18. The Kier molecular flexibility index (Phi) is 6.54. The first-order valence-corrected chi connectivity index (χ1v) is 8.15. The number of hydrogen-bond donors (Lipinski definition) is 1. The molecule has 106 valence electrons. The molecule has 0 saturated carbocycles. The Bertz CT molecular complexity index is 350. The van der Waals surface area contributed by atoms with E-state index >= 15 is 0 Å². The zero-order valence-electron chi connectivity index (χ0n) is 11.3. The summed E-state index contributed by atoms with van der Waals surface area (Å²) in [7, 11) is 0. The summed E-state index contributed by atoms with van der Waals surface area (Å²) >= 11 is 1.97. The van der Waals surface area contributed by atoms with E-state index in [0.717, 1.165) is 42.5 Å². The average molecular weight is 281 g/mol. The number of thioether (sulfide) groups is 1. The van der Waals surface area contributed by atoms with Gasteiger partial charge in [-0.1, -0.05) is 12.1 Å². The monoisotopic (exact) mass is 281 g/mol. The van der Waals surface area contributed by atoms with Gasteiger partial charge in [0, 0.05) is 18.9 Å². The van der Waals surface area contributed by atoms with Crippen molar-refractivity contribution in [2.24, 2.45) is 5.73 Å². The van der Waals surface area contributed by atoms with Crippen LogP contribution < -0.4 is 10.5 Å². The van der Waals surface area contributed by atoms with Crippen LogP contribution in [0.3, 0.4) is 0 Å². The van der Waals surface area contributed by atoms with Gasteiger partial charge in [0.1, 0.15) is 5.75 Å². The van der Waals surface area contributed by atoms with Gasteiger partial charge in [0.25, 0.3) is 0 Å². The van der Waals surface area contributed by atoms with Crippen LogP contribution in [0.15, 0.2) is 24.3 Å². The zero-order valence-corrected chi connectivity index (χ0v) is 12.2. The van der Waals surface area contributed by atoms with Crippen molar-refractivity contribution >= 4 is 11.8 Å². The van der Waals surface area contributed by atoms with Crippen molar-refractivity contribution in [3.63, 3.8) is 0 Å². The molecule has 0 amide bonds. The molecule has 1 saturated heterocycles. The lowest BCUT2D eigenvalue weighted by molar-refractivity contribution is 0.129. The van der Waals surface area contributed by atoms with Crippen molar-refractivity contribution in [3.8, 4) is 5.75 Å². The van der Waals surface area contributed by atoms with Crippen LogP contribution in [0.1, 0.15) is 24.8 Å². The Labute approximate surface area is 119 Å². The van der Waals surface area contributed by atoms with Crippen molar-refractivity contribution in [1.82, 2.24) is 0 Å². The van der Waals surface area contributed by atoms with Gasteiger partial charge in [-0.15, -0.1) is 0 Å². The van der Waals surface area contributed by atoms with Crippen LogP contribution in [0.5, 0.6) is 5.75 Å². The number of benzene rings is 1. The largest absolute Gasteiger partial charge is 0.494 e. The molecule has 3 nitrogen and oxygen atoms in total. The molecule has 0 aliphatic carbocycles. The molecule has 1 aliphatic heterocycles. The Morgan fingerprint density at radius 2 is 2.16 bits per heavy atom. The van der Waals surface area contributed by atoms with E-state index in [-0.39, 0.29) is 0 Å². The Morgan fingerprint density at radius 3 is 2.84 bits per heavy atom. The highest BCUT2D eigenvalue weighted by Gasteiger charge is 2.14.